The molecule has 1 rings (SSSR count). The fourth-order valence-corrected chi connectivity index (χ4v) is 1.55. The van der Waals surface area contributed by atoms with Crippen LogP contribution < -0.4 is 0 Å². The Bertz CT molecular complexity index is 508. The lowest BCUT2D eigenvalue weighted by atomic mass is 10.1. The van der Waals surface area contributed by atoms with Crippen LogP contribution in [0.1, 0.15) is 15.9 Å². The van der Waals surface area contributed by atoms with Crippen molar-refractivity contribution in [1.29, 1.82) is 0 Å². The first kappa shape index (κ1) is 11.8. The van der Waals surface area contributed by atoms with Crippen molar-refractivity contribution < 1.29 is 13.4 Å². The molecule has 0 unspecified atom stereocenters. The topological polar surface area (TPSA) is 46.5 Å². The molecule has 0 aliphatic rings. The monoisotopic (exact) mass is 229 g/mol. The van der Waals surface area contributed by atoms with E-state index in [1.54, 1.807) is 13.0 Å². The van der Waals surface area contributed by atoms with Gasteiger partial charge in [-0.2, -0.15) is 4.36 Å². The number of aryl methyl sites for hydroxylation is 1. The lowest BCUT2D eigenvalue weighted by Gasteiger charge is -2.00. The Hall–Kier alpha value is -1.23. The van der Waals surface area contributed by atoms with E-state index >= 15 is 0 Å². The second kappa shape index (κ2) is 4.10. The summed E-state index contributed by atoms with van der Waals surface area (Å²) in [6, 6.07) is 4.15. The van der Waals surface area contributed by atoms with Crippen molar-refractivity contribution in [2.45, 2.75) is 6.92 Å². The van der Waals surface area contributed by atoms with Gasteiger partial charge < -0.3 is 0 Å². The van der Waals surface area contributed by atoms with Gasteiger partial charge in [0.25, 0.3) is 5.91 Å². The van der Waals surface area contributed by atoms with Gasteiger partial charge in [0.05, 0.1) is 5.56 Å². The maximum atomic E-state index is 13.2. The third-order valence-corrected chi connectivity index (χ3v) is 2.26. The molecule has 0 atom stereocenters. The Morgan fingerprint density at radius 3 is 2.53 bits per heavy atom. The van der Waals surface area contributed by atoms with Gasteiger partial charge in [0.1, 0.15) is 5.82 Å². The van der Waals surface area contributed by atoms with Crippen LogP contribution in [-0.2, 0) is 9.73 Å². The minimum Gasteiger partial charge on any atom is -0.266 e. The summed E-state index contributed by atoms with van der Waals surface area (Å²) in [5, 5.41) is 0. The number of amides is 1. The smallest absolute Gasteiger partial charge is 0.266 e. The van der Waals surface area contributed by atoms with Crippen molar-refractivity contribution in [1.82, 2.24) is 0 Å². The van der Waals surface area contributed by atoms with E-state index < -0.39 is 21.5 Å². The van der Waals surface area contributed by atoms with Gasteiger partial charge in [-0.25, -0.2) is 8.60 Å². The lowest BCUT2D eigenvalue weighted by Crippen LogP contribution is -2.03. The summed E-state index contributed by atoms with van der Waals surface area (Å²) in [7, 11) is -2.54. The quantitative estimate of drug-likeness (QED) is 0.739. The number of hydrogen-bond donors (Lipinski definition) is 0. The Morgan fingerprint density at radius 2 is 2.00 bits per heavy atom. The molecule has 0 aromatic heterocycles. The number of benzene rings is 1. The van der Waals surface area contributed by atoms with Gasteiger partial charge in [-0.05, 0) is 19.1 Å². The van der Waals surface area contributed by atoms with Crippen LogP contribution in [-0.4, -0.2) is 22.6 Å². The number of halogens is 1. The van der Waals surface area contributed by atoms with E-state index in [1.807, 2.05) is 0 Å². The largest absolute Gasteiger partial charge is 0.288 e. The molecule has 0 N–H and O–H groups in total. The zero-order valence-electron chi connectivity index (χ0n) is 8.78. The van der Waals surface area contributed by atoms with Gasteiger partial charge in [0.15, 0.2) is 0 Å². The van der Waals surface area contributed by atoms with Crippen molar-refractivity contribution in [3.8, 4) is 0 Å². The minimum atomic E-state index is -2.54. The third kappa shape index (κ3) is 3.43. The molecule has 0 aliphatic carbocycles. The van der Waals surface area contributed by atoms with Crippen molar-refractivity contribution in [3.05, 3.63) is 35.1 Å². The van der Waals surface area contributed by atoms with Gasteiger partial charge in [-0.15, -0.1) is 0 Å². The Morgan fingerprint density at radius 1 is 1.40 bits per heavy atom. The molecule has 0 saturated carbocycles. The van der Waals surface area contributed by atoms with Crippen LogP contribution in [0, 0.1) is 12.7 Å². The van der Waals surface area contributed by atoms with Crippen molar-refractivity contribution in [2.75, 3.05) is 12.5 Å². The third-order valence-electron chi connectivity index (χ3n) is 1.66. The fraction of sp³-hybridized carbons (Fsp3) is 0.300. The van der Waals surface area contributed by atoms with E-state index in [0.29, 0.717) is 0 Å². The van der Waals surface area contributed by atoms with Crippen molar-refractivity contribution >= 4 is 15.6 Å². The molecular weight excluding hydrogens is 217 g/mol. The first-order chi connectivity index (χ1) is 6.79. The molecule has 0 fully saturated rings. The van der Waals surface area contributed by atoms with Crippen LogP contribution in [0.5, 0.6) is 0 Å². The molecule has 15 heavy (non-hydrogen) atoms. The van der Waals surface area contributed by atoms with Gasteiger partial charge in [0, 0.05) is 22.2 Å². The predicted molar refractivity (Wildman–Crippen MR) is 57.9 cm³/mol. The van der Waals surface area contributed by atoms with Gasteiger partial charge >= 0.3 is 0 Å². The highest BCUT2D eigenvalue weighted by Gasteiger charge is 2.11. The van der Waals surface area contributed by atoms with Crippen LogP contribution in [0.25, 0.3) is 0 Å². The van der Waals surface area contributed by atoms with E-state index in [1.165, 1.54) is 24.6 Å². The van der Waals surface area contributed by atoms with Crippen molar-refractivity contribution in [3.63, 3.8) is 0 Å². The van der Waals surface area contributed by atoms with E-state index in [9.17, 15) is 13.4 Å². The Kier molecular flexibility index (Phi) is 3.24. The molecule has 0 bridgehead atoms. The molecule has 1 amide bonds. The molecule has 82 valence electrons. The molecule has 0 saturated heterocycles. The van der Waals surface area contributed by atoms with Crippen LogP contribution in [0.2, 0.25) is 0 Å². The molecule has 0 spiro atoms. The zero-order valence-corrected chi connectivity index (χ0v) is 9.60. The number of rotatable bonds is 1. The average molecular weight is 229 g/mol. The maximum Gasteiger partial charge on any atom is 0.288 e. The molecule has 0 aliphatic heterocycles. The first-order valence-corrected chi connectivity index (χ1v) is 6.60. The minimum absolute atomic E-state index is 0.133. The molecule has 3 nitrogen and oxygen atoms in total. The molecular formula is C10H12FNO2S. The van der Waals surface area contributed by atoms with Crippen LogP contribution in [0.15, 0.2) is 22.6 Å². The second-order valence-electron chi connectivity index (χ2n) is 3.56. The number of nitrogens with zero attached hydrogens (tertiary/aromatic N) is 1. The summed E-state index contributed by atoms with van der Waals surface area (Å²) in [5.74, 6) is -1.41. The normalized spacial score (nSPS) is 11.2. The highest BCUT2D eigenvalue weighted by molar-refractivity contribution is 7.92. The van der Waals surface area contributed by atoms with Crippen molar-refractivity contribution in [2.24, 2.45) is 4.36 Å². The zero-order chi connectivity index (χ0) is 11.6. The van der Waals surface area contributed by atoms with Gasteiger partial charge in [0.2, 0.25) is 0 Å². The fourth-order valence-electron chi connectivity index (χ4n) is 1.05. The standard InChI is InChI=1S/C10H12FNO2S/c1-7-4-5-9(11)8(6-7)10(13)12-15(2,3)14/h4-6H,1-3H3. The summed E-state index contributed by atoms with van der Waals surface area (Å²) in [6.45, 7) is 1.74. The molecule has 0 radical (unpaired) electrons. The first-order valence-electron chi connectivity index (χ1n) is 4.27. The Balaban J connectivity index is 3.24. The van der Waals surface area contributed by atoms with Crippen LogP contribution in [0.3, 0.4) is 0 Å². The van der Waals surface area contributed by atoms with Gasteiger partial charge in [-0.1, -0.05) is 11.6 Å². The summed E-state index contributed by atoms with van der Waals surface area (Å²) >= 11 is 0. The molecule has 0 heterocycles. The second-order valence-corrected chi connectivity index (χ2v) is 6.11. The van der Waals surface area contributed by atoms with Gasteiger partial charge in [-0.3, -0.25) is 4.79 Å². The highest BCUT2D eigenvalue weighted by Crippen LogP contribution is 2.11. The molecule has 1 aromatic rings. The number of hydrogen-bond acceptors (Lipinski definition) is 2. The summed E-state index contributed by atoms with van der Waals surface area (Å²) in [5.41, 5.74) is 0.625. The molecule has 1 aromatic carbocycles. The predicted octanol–water partition coefficient (Wildman–Crippen LogP) is 2.00. The summed E-state index contributed by atoms with van der Waals surface area (Å²) in [4.78, 5) is 11.4. The average Bonchev–Trinajstić information content (AvgIpc) is 2.06. The van der Waals surface area contributed by atoms with E-state index in [0.717, 1.165) is 5.56 Å². The van der Waals surface area contributed by atoms with E-state index in [-0.39, 0.29) is 5.56 Å². The van der Waals surface area contributed by atoms with E-state index in [4.69, 9.17) is 0 Å². The SMILES string of the molecule is Cc1ccc(F)c(C(=O)N=S(C)(C)=O)c1. The van der Waals surface area contributed by atoms with Crippen LogP contribution >= 0.6 is 0 Å². The Labute approximate surface area is 88.5 Å². The maximum absolute atomic E-state index is 13.2. The molecule has 5 heteroatoms. The summed E-state index contributed by atoms with van der Waals surface area (Å²) < 4.78 is 27.9. The van der Waals surface area contributed by atoms with Crippen LogP contribution in [0.4, 0.5) is 4.39 Å². The number of carbonyl (C=O) groups is 1. The van der Waals surface area contributed by atoms with E-state index in [2.05, 4.69) is 4.36 Å². The highest BCUT2D eigenvalue weighted by atomic mass is 32.2. The lowest BCUT2D eigenvalue weighted by molar-refractivity contribution is 0.100. The summed E-state index contributed by atoms with van der Waals surface area (Å²) in [6.07, 6.45) is 2.66. The number of carbonyl (C=O) groups excluding carboxylic acids is 1.